The summed E-state index contributed by atoms with van der Waals surface area (Å²) in [7, 11) is 0. The molecule has 0 spiro atoms. The molecule has 108 valence electrons. The Kier molecular flexibility index (Phi) is 3.52. The van der Waals surface area contributed by atoms with Crippen molar-refractivity contribution in [3.63, 3.8) is 0 Å². The van der Waals surface area contributed by atoms with Crippen molar-refractivity contribution in [2.45, 2.75) is 13.3 Å². The van der Waals surface area contributed by atoms with E-state index >= 15 is 0 Å². The molecule has 8 heteroatoms. The zero-order valence-corrected chi connectivity index (χ0v) is 12.4. The summed E-state index contributed by atoms with van der Waals surface area (Å²) in [6, 6.07) is 5.14. The number of aromatic nitrogens is 2. The van der Waals surface area contributed by atoms with Crippen LogP contribution < -0.4 is 0 Å². The van der Waals surface area contributed by atoms with Gasteiger partial charge in [0, 0.05) is 6.07 Å². The molecule has 0 saturated carbocycles. The predicted molar refractivity (Wildman–Crippen MR) is 76.4 cm³/mol. The number of hydrogen-bond donors (Lipinski definition) is 1. The summed E-state index contributed by atoms with van der Waals surface area (Å²) in [5, 5.41) is 12.7. The maximum atomic E-state index is 11.0. The third-order valence-electron chi connectivity index (χ3n) is 2.65. The van der Waals surface area contributed by atoms with E-state index in [9.17, 15) is 4.79 Å². The Morgan fingerprint density at radius 1 is 1.48 bits per heavy atom. The Labute approximate surface area is 128 Å². The highest BCUT2D eigenvalue weighted by Crippen LogP contribution is 2.36. The fourth-order valence-electron chi connectivity index (χ4n) is 1.81. The molecule has 0 aliphatic heterocycles. The van der Waals surface area contributed by atoms with Crippen LogP contribution in [0.25, 0.3) is 22.3 Å². The van der Waals surface area contributed by atoms with Gasteiger partial charge in [-0.25, -0.2) is 4.98 Å². The number of aliphatic carboxylic acids is 1. The van der Waals surface area contributed by atoms with Gasteiger partial charge in [-0.3, -0.25) is 4.79 Å². The minimum atomic E-state index is -0.993. The van der Waals surface area contributed by atoms with Crippen LogP contribution in [-0.4, -0.2) is 21.2 Å². The van der Waals surface area contributed by atoms with Crippen LogP contribution in [0.4, 0.5) is 0 Å². The van der Waals surface area contributed by atoms with E-state index in [1.165, 1.54) is 11.3 Å². The van der Waals surface area contributed by atoms with Crippen LogP contribution in [0.2, 0.25) is 4.34 Å². The van der Waals surface area contributed by atoms with Crippen LogP contribution in [0.5, 0.6) is 0 Å². The molecule has 21 heavy (non-hydrogen) atoms. The van der Waals surface area contributed by atoms with Gasteiger partial charge >= 0.3 is 5.97 Å². The highest BCUT2D eigenvalue weighted by Gasteiger charge is 2.21. The molecule has 3 rings (SSSR count). The zero-order chi connectivity index (χ0) is 15.0. The normalized spacial score (nSPS) is 11.0. The Balaban J connectivity index is 2.08. The van der Waals surface area contributed by atoms with Gasteiger partial charge < -0.3 is 14.0 Å². The Hall–Kier alpha value is -2.12. The molecule has 0 radical (unpaired) electrons. The number of carboxylic acid groups (broad SMARTS) is 1. The lowest BCUT2D eigenvalue weighted by molar-refractivity contribution is -0.136. The standard InChI is InChI=1S/C13H9ClN2O4S/c1-6-4-8(20-16-6)13-15-7(5-11(17)18)12(19-13)9-2-3-10(14)21-9/h2-4H,5H2,1H3,(H,17,18). The van der Waals surface area contributed by atoms with Gasteiger partial charge in [0.25, 0.3) is 5.89 Å². The van der Waals surface area contributed by atoms with E-state index in [-0.39, 0.29) is 12.3 Å². The van der Waals surface area contributed by atoms with Crippen LogP contribution >= 0.6 is 22.9 Å². The van der Waals surface area contributed by atoms with Crippen LogP contribution in [0.15, 0.2) is 27.1 Å². The number of hydrogen-bond acceptors (Lipinski definition) is 6. The highest BCUT2D eigenvalue weighted by molar-refractivity contribution is 7.19. The molecule has 0 atom stereocenters. The topological polar surface area (TPSA) is 89.4 Å². The monoisotopic (exact) mass is 324 g/mol. The molecule has 0 aliphatic carbocycles. The maximum absolute atomic E-state index is 11.0. The van der Waals surface area contributed by atoms with Gasteiger partial charge in [-0.2, -0.15) is 0 Å². The fraction of sp³-hybridized carbons (Fsp3) is 0.154. The summed E-state index contributed by atoms with van der Waals surface area (Å²) < 4.78 is 11.3. The molecule has 3 heterocycles. The highest BCUT2D eigenvalue weighted by atomic mass is 35.5. The first kappa shape index (κ1) is 13.8. The van der Waals surface area contributed by atoms with E-state index in [0.717, 1.165) is 0 Å². The Morgan fingerprint density at radius 2 is 2.29 bits per heavy atom. The van der Waals surface area contributed by atoms with Gasteiger partial charge in [0.2, 0.25) is 5.76 Å². The third-order valence-corrected chi connectivity index (χ3v) is 3.88. The average molecular weight is 325 g/mol. The third kappa shape index (κ3) is 2.84. The fourth-order valence-corrected chi connectivity index (χ4v) is 2.86. The number of halogens is 1. The zero-order valence-electron chi connectivity index (χ0n) is 10.8. The minimum Gasteiger partial charge on any atom is -0.481 e. The molecular formula is C13H9ClN2O4S. The summed E-state index contributed by atoms with van der Waals surface area (Å²) in [5.41, 5.74) is 1.01. The number of oxazole rings is 1. The van der Waals surface area contributed by atoms with Crippen molar-refractivity contribution in [1.29, 1.82) is 0 Å². The van der Waals surface area contributed by atoms with Gasteiger partial charge in [-0.05, 0) is 19.1 Å². The van der Waals surface area contributed by atoms with E-state index in [1.54, 1.807) is 25.1 Å². The van der Waals surface area contributed by atoms with Crippen molar-refractivity contribution >= 4 is 28.9 Å². The van der Waals surface area contributed by atoms with Gasteiger partial charge in [-0.1, -0.05) is 16.8 Å². The van der Waals surface area contributed by atoms with Crippen LogP contribution in [-0.2, 0) is 11.2 Å². The van der Waals surface area contributed by atoms with Crippen molar-refractivity contribution < 1.29 is 18.8 Å². The molecule has 0 aliphatic rings. The maximum Gasteiger partial charge on any atom is 0.309 e. The van der Waals surface area contributed by atoms with Gasteiger partial charge in [-0.15, -0.1) is 11.3 Å². The second-order valence-corrected chi connectivity index (χ2v) is 6.02. The number of nitrogens with zero attached hydrogens (tertiary/aromatic N) is 2. The summed E-state index contributed by atoms with van der Waals surface area (Å²) in [6.45, 7) is 1.77. The molecule has 0 aromatic carbocycles. The van der Waals surface area contributed by atoms with Crippen molar-refractivity contribution in [2.24, 2.45) is 0 Å². The van der Waals surface area contributed by atoms with E-state index in [2.05, 4.69) is 10.1 Å². The second kappa shape index (κ2) is 5.34. The molecule has 0 unspecified atom stereocenters. The lowest BCUT2D eigenvalue weighted by Gasteiger charge is -1.94. The molecule has 0 fully saturated rings. The lowest BCUT2D eigenvalue weighted by atomic mass is 10.2. The molecule has 0 amide bonds. The van der Waals surface area contributed by atoms with E-state index in [0.29, 0.717) is 32.1 Å². The van der Waals surface area contributed by atoms with Gasteiger partial charge in [0.15, 0.2) is 5.76 Å². The molecule has 0 bridgehead atoms. The van der Waals surface area contributed by atoms with Crippen molar-refractivity contribution in [3.8, 4) is 22.3 Å². The quantitative estimate of drug-likeness (QED) is 0.788. The van der Waals surface area contributed by atoms with Gasteiger partial charge in [0.1, 0.15) is 0 Å². The summed E-state index contributed by atoms with van der Waals surface area (Å²) in [5.74, 6) is -0.0507. The number of thiophene rings is 1. The molecule has 3 aromatic heterocycles. The number of carbonyl (C=O) groups is 1. The lowest BCUT2D eigenvalue weighted by Crippen LogP contribution is -2.01. The molecule has 1 N–H and O–H groups in total. The number of aryl methyl sites for hydroxylation is 1. The first-order chi connectivity index (χ1) is 10.0. The minimum absolute atomic E-state index is 0.200. The van der Waals surface area contributed by atoms with Crippen molar-refractivity contribution in [3.05, 3.63) is 33.9 Å². The van der Waals surface area contributed by atoms with Crippen molar-refractivity contribution in [1.82, 2.24) is 10.1 Å². The SMILES string of the molecule is Cc1cc(-c2nc(CC(=O)O)c(-c3ccc(Cl)s3)o2)on1. The van der Waals surface area contributed by atoms with Gasteiger partial charge in [0.05, 0.1) is 27.0 Å². The van der Waals surface area contributed by atoms with Crippen LogP contribution in [0.1, 0.15) is 11.4 Å². The van der Waals surface area contributed by atoms with Crippen LogP contribution in [0.3, 0.4) is 0 Å². The van der Waals surface area contributed by atoms with E-state index in [4.69, 9.17) is 25.6 Å². The second-order valence-electron chi connectivity index (χ2n) is 4.30. The predicted octanol–water partition coefficient (Wildman–Crippen LogP) is 3.65. The largest absolute Gasteiger partial charge is 0.481 e. The van der Waals surface area contributed by atoms with E-state index in [1.807, 2.05) is 0 Å². The first-order valence-electron chi connectivity index (χ1n) is 5.94. The summed E-state index contributed by atoms with van der Waals surface area (Å²) >= 11 is 7.20. The molecule has 3 aromatic rings. The summed E-state index contributed by atoms with van der Waals surface area (Å²) in [4.78, 5) is 15.9. The summed E-state index contributed by atoms with van der Waals surface area (Å²) in [6.07, 6.45) is -0.249. The molecule has 0 saturated heterocycles. The molecule has 6 nitrogen and oxygen atoms in total. The molecular weight excluding hydrogens is 316 g/mol. The Morgan fingerprint density at radius 3 is 2.86 bits per heavy atom. The average Bonchev–Trinajstić information content (AvgIpc) is 3.09. The smallest absolute Gasteiger partial charge is 0.309 e. The number of carboxylic acids is 1. The van der Waals surface area contributed by atoms with Crippen molar-refractivity contribution in [2.75, 3.05) is 0 Å². The first-order valence-corrected chi connectivity index (χ1v) is 7.13. The van der Waals surface area contributed by atoms with Crippen LogP contribution in [0, 0.1) is 6.92 Å². The Bertz CT molecular complexity index is 805. The van der Waals surface area contributed by atoms with E-state index < -0.39 is 5.97 Å². The number of rotatable bonds is 4.